The Balaban J connectivity index is 0.00000320. The number of hydrogen-bond acceptors (Lipinski definition) is 4. The second kappa shape index (κ2) is 13.2. The Morgan fingerprint density at radius 1 is 1.27 bits per heavy atom. The number of rotatable bonds is 8. The van der Waals surface area contributed by atoms with Gasteiger partial charge in [0.2, 0.25) is 5.91 Å². The van der Waals surface area contributed by atoms with Crippen LogP contribution in [0.4, 0.5) is 0 Å². The van der Waals surface area contributed by atoms with Crippen LogP contribution in [0.1, 0.15) is 44.8 Å². The zero-order valence-corrected chi connectivity index (χ0v) is 20.8. The molecule has 3 heterocycles. The number of furan rings is 1. The van der Waals surface area contributed by atoms with Crippen molar-refractivity contribution in [2.75, 3.05) is 46.3 Å². The number of aliphatic imine (C=N–C) groups is 1. The first-order chi connectivity index (χ1) is 14.2. The van der Waals surface area contributed by atoms with E-state index in [0.717, 1.165) is 63.7 Å². The Bertz CT molecular complexity index is 644. The quantitative estimate of drug-likeness (QED) is 0.307. The van der Waals surface area contributed by atoms with Gasteiger partial charge in [0.1, 0.15) is 5.76 Å². The van der Waals surface area contributed by atoms with E-state index >= 15 is 0 Å². The van der Waals surface area contributed by atoms with Crippen molar-refractivity contribution >= 4 is 35.8 Å². The standard InChI is InChI=1S/C22H37N5O2.HI/c1-3-26-12-4-6-19(26)17-25-22(24-11-8-20-7-5-15-29-20)27-13-9-18(10-14-27)16-21(28)23-2;/h5,7,15,18-19H,3-4,6,8-14,16-17H2,1-2H3,(H,23,28)(H,24,25);1H. The molecule has 3 rings (SSSR count). The van der Waals surface area contributed by atoms with Crippen LogP contribution in [-0.2, 0) is 11.2 Å². The van der Waals surface area contributed by atoms with Crippen molar-refractivity contribution in [2.45, 2.75) is 51.5 Å². The monoisotopic (exact) mass is 531 g/mol. The van der Waals surface area contributed by atoms with E-state index in [1.807, 2.05) is 12.1 Å². The van der Waals surface area contributed by atoms with E-state index in [4.69, 9.17) is 9.41 Å². The van der Waals surface area contributed by atoms with E-state index in [2.05, 4.69) is 27.4 Å². The Labute approximate surface area is 198 Å². The summed E-state index contributed by atoms with van der Waals surface area (Å²) in [5.74, 6) is 2.63. The summed E-state index contributed by atoms with van der Waals surface area (Å²) in [5, 5.41) is 6.32. The molecule has 0 bridgehead atoms. The first-order valence-corrected chi connectivity index (χ1v) is 11.2. The minimum absolute atomic E-state index is 0. The number of halogens is 1. The molecule has 1 unspecified atom stereocenters. The predicted octanol–water partition coefficient (Wildman–Crippen LogP) is 2.72. The van der Waals surface area contributed by atoms with Crippen LogP contribution >= 0.6 is 24.0 Å². The van der Waals surface area contributed by atoms with Gasteiger partial charge in [0.05, 0.1) is 12.8 Å². The highest BCUT2D eigenvalue weighted by atomic mass is 127. The van der Waals surface area contributed by atoms with Gasteiger partial charge in [0.15, 0.2) is 5.96 Å². The van der Waals surface area contributed by atoms with Crippen molar-refractivity contribution in [3.05, 3.63) is 24.2 Å². The number of guanidine groups is 1. The molecule has 2 saturated heterocycles. The fourth-order valence-electron chi connectivity index (χ4n) is 4.44. The number of nitrogens with zero attached hydrogens (tertiary/aromatic N) is 3. The Morgan fingerprint density at radius 2 is 2.07 bits per heavy atom. The molecule has 30 heavy (non-hydrogen) atoms. The molecule has 2 aliphatic rings. The first-order valence-electron chi connectivity index (χ1n) is 11.2. The molecule has 7 nitrogen and oxygen atoms in total. The number of piperidine rings is 1. The van der Waals surface area contributed by atoms with Gasteiger partial charge in [-0.3, -0.25) is 14.7 Å². The van der Waals surface area contributed by atoms with Gasteiger partial charge in [0, 0.05) is 45.6 Å². The van der Waals surface area contributed by atoms with E-state index in [1.54, 1.807) is 13.3 Å². The molecule has 0 saturated carbocycles. The topological polar surface area (TPSA) is 73.1 Å². The molecule has 1 amide bonds. The Hall–Kier alpha value is -1.29. The SMILES string of the molecule is CCN1CCCC1CN=C(NCCc1ccco1)N1CCC(CC(=O)NC)CC1.I. The van der Waals surface area contributed by atoms with Gasteiger partial charge in [-0.15, -0.1) is 24.0 Å². The summed E-state index contributed by atoms with van der Waals surface area (Å²) in [4.78, 5) is 21.6. The van der Waals surface area contributed by atoms with E-state index in [9.17, 15) is 4.79 Å². The van der Waals surface area contributed by atoms with E-state index in [1.165, 1.54) is 19.4 Å². The number of likely N-dealkylation sites (tertiary alicyclic amines) is 2. The average molecular weight is 531 g/mol. The third-order valence-corrected chi connectivity index (χ3v) is 6.26. The maximum atomic E-state index is 11.7. The second-order valence-corrected chi connectivity index (χ2v) is 8.15. The molecule has 2 N–H and O–H groups in total. The lowest BCUT2D eigenvalue weighted by Gasteiger charge is -2.34. The summed E-state index contributed by atoms with van der Waals surface area (Å²) in [6.07, 6.45) is 7.81. The molecule has 1 atom stereocenters. The smallest absolute Gasteiger partial charge is 0.220 e. The van der Waals surface area contributed by atoms with Crippen LogP contribution < -0.4 is 10.6 Å². The molecule has 1 aromatic heterocycles. The third-order valence-electron chi connectivity index (χ3n) is 6.26. The number of hydrogen-bond donors (Lipinski definition) is 2. The largest absolute Gasteiger partial charge is 0.469 e. The second-order valence-electron chi connectivity index (χ2n) is 8.15. The van der Waals surface area contributed by atoms with Crippen LogP contribution in [0.2, 0.25) is 0 Å². The summed E-state index contributed by atoms with van der Waals surface area (Å²) in [5.41, 5.74) is 0. The van der Waals surface area contributed by atoms with Crippen LogP contribution in [-0.4, -0.2) is 74.0 Å². The average Bonchev–Trinajstić information content (AvgIpc) is 3.42. The molecule has 0 aliphatic carbocycles. The number of amides is 1. The molecule has 0 radical (unpaired) electrons. The minimum Gasteiger partial charge on any atom is -0.469 e. The number of nitrogens with one attached hydrogen (secondary N) is 2. The first kappa shape index (κ1) is 25.0. The lowest BCUT2D eigenvalue weighted by Crippen LogP contribution is -2.47. The normalized spacial score (nSPS) is 20.8. The molecular formula is C22H38IN5O2. The summed E-state index contributed by atoms with van der Waals surface area (Å²) >= 11 is 0. The van der Waals surface area contributed by atoms with Crippen molar-refractivity contribution in [3.63, 3.8) is 0 Å². The van der Waals surface area contributed by atoms with Crippen molar-refractivity contribution in [2.24, 2.45) is 10.9 Å². The van der Waals surface area contributed by atoms with Gasteiger partial charge in [-0.05, 0) is 56.8 Å². The molecule has 0 aromatic carbocycles. The third kappa shape index (κ3) is 7.44. The highest BCUT2D eigenvalue weighted by Gasteiger charge is 2.25. The zero-order valence-electron chi connectivity index (χ0n) is 18.4. The van der Waals surface area contributed by atoms with Crippen LogP contribution in [0.15, 0.2) is 27.8 Å². The van der Waals surface area contributed by atoms with Crippen molar-refractivity contribution < 1.29 is 9.21 Å². The molecule has 2 fully saturated rings. The van der Waals surface area contributed by atoms with E-state index in [0.29, 0.717) is 18.4 Å². The lowest BCUT2D eigenvalue weighted by atomic mass is 9.93. The molecule has 170 valence electrons. The highest BCUT2D eigenvalue weighted by Crippen LogP contribution is 2.21. The van der Waals surface area contributed by atoms with Crippen LogP contribution in [0.25, 0.3) is 0 Å². The lowest BCUT2D eigenvalue weighted by molar-refractivity contribution is -0.121. The van der Waals surface area contributed by atoms with Gasteiger partial charge in [0.25, 0.3) is 0 Å². The molecular weight excluding hydrogens is 493 g/mol. The van der Waals surface area contributed by atoms with Gasteiger partial charge in [-0.1, -0.05) is 6.92 Å². The summed E-state index contributed by atoms with van der Waals surface area (Å²) in [6.45, 7) is 8.12. The highest BCUT2D eigenvalue weighted by molar-refractivity contribution is 14.0. The van der Waals surface area contributed by atoms with E-state index < -0.39 is 0 Å². The summed E-state index contributed by atoms with van der Waals surface area (Å²) in [6, 6.07) is 4.51. The number of carbonyl (C=O) groups excluding carboxylic acids is 1. The minimum atomic E-state index is 0. The molecule has 1 aromatic rings. The maximum Gasteiger partial charge on any atom is 0.220 e. The Morgan fingerprint density at radius 3 is 2.73 bits per heavy atom. The van der Waals surface area contributed by atoms with Crippen LogP contribution in [0.3, 0.4) is 0 Å². The van der Waals surface area contributed by atoms with Gasteiger partial charge in [-0.25, -0.2) is 0 Å². The van der Waals surface area contributed by atoms with Gasteiger partial charge in [-0.2, -0.15) is 0 Å². The van der Waals surface area contributed by atoms with Gasteiger partial charge < -0.3 is 20.0 Å². The van der Waals surface area contributed by atoms with Crippen molar-refractivity contribution in [1.29, 1.82) is 0 Å². The summed E-state index contributed by atoms with van der Waals surface area (Å²) < 4.78 is 5.45. The number of carbonyl (C=O) groups is 1. The van der Waals surface area contributed by atoms with Crippen molar-refractivity contribution in [1.82, 2.24) is 20.4 Å². The molecule has 8 heteroatoms. The zero-order chi connectivity index (χ0) is 20.5. The molecule has 0 spiro atoms. The fraction of sp³-hybridized carbons (Fsp3) is 0.727. The predicted molar refractivity (Wildman–Crippen MR) is 131 cm³/mol. The van der Waals surface area contributed by atoms with Crippen LogP contribution in [0, 0.1) is 5.92 Å². The Kier molecular flexibility index (Phi) is 11.0. The maximum absolute atomic E-state index is 11.7. The molecule has 2 aliphatic heterocycles. The fourth-order valence-corrected chi connectivity index (χ4v) is 4.44. The number of likely N-dealkylation sites (N-methyl/N-ethyl adjacent to an activating group) is 1. The van der Waals surface area contributed by atoms with Crippen molar-refractivity contribution in [3.8, 4) is 0 Å². The van der Waals surface area contributed by atoms with Gasteiger partial charge >= 0.3 is 0 Å². The van der Waals surface area contributed by atoms with Crippen LogP contribution in [0.5, 0.6) is 0 Å². The summed E-state index contributed by atoms with van der Waals surface area (Å²) in [7, 11) is 1.72. The van der Waals surface area contributed by atoms with E-state index in [-0.39, 0.29) is 29.9 Å².